The lowest BCUT2D eigenvalue weighted by molar-refractivity contribution is -0.393. The summed E-state index contributed by atoms with van der Waals surface area (Å²) in [5, 5.41) is 0. The minimum absolute atomic E-state index is 0.0462. The van der Waals surface area contributed by atoms with Gasteiger partial charge in [-0.2, -0.15) is 13.2 Å². The van der Waals surface area contributed by atoms with E-state index in [2.05, 4.69) is 4.98 Å². The molecule has 4 N–H and O–H groups in total. The molecule has 0 spiro atoms. The van der Waals surface area contributed by atoms with Crippen molar-refractivity contribution in [2.45, 2.75) is 57.2 Å². The number of carbonyl (C=O) groups excluding carboxylic acids is 2. The molecule has 1 aliphatic heterocycles. The zero-order valence-corrected chi connectivity index (χ0v) is 15.6. The van der Waals surface area contributed by atoms with Crippen LogP contribution in [0.5, 0.6) is 0 Å². The van der Waals surface area contributed by atoms with E-state index in [-0.39, 0.29) is 25.8 Å². The van der Waals surface area contributed by atoms with Gasteiger partial charge in [-0.05, 0) is 62.6 Å². The number of piperidine rings is 1. The van der Waals surface area contributed by atoms with Crippen molar-refractivity contribution in [1.82, 2.24) is 9.88 Å². The largest absolute Gasteiger partial charge is 0.394 e. The van der Waals surface area contributed by atoms with Crippen LogP contribution < -0.4 is 11.5 Å². The summed E-state index contributed by atoms with van der Waals surface area (Å²) in [7, 11) is 0. The predicted molar refractivity (Wildman–Crippen MR) is 94.6 cm³/mol. The van der Waals surface area contributed by atoms with Gasteiger partial charge in [0.05, 0.1) is 11.0 Å². The highest BCUT2D eigenvalue weighted by Gasteiger charge is 2.84. The Balaban J connectivity index is 1.84. The fraction of sp³-hybridized carbons (Fsp3) is 0.632. The normalized spacial score (nSPS) is 34.4. The van der Waals surface area contributed by atoms with Crippen molar-refractivity contribution < 1.29 is 22.8 Å². The van der Waals surface area contributed by atoms with E-state index in [1.165, 1.54) is 11.1 Å². The minimum atomic E-state index is -4.27. The van der Waals surface area contributed by atoms with Crippen molar-refractivity contribution in [2.24, 2.45) is 16.6 Å². The number of aryl methyl sites for hydroxylation is 1. The van der Waals surface area contributed by atoms with E-state index >= 15 is 0 Å². The molecule has 6 nitrogen and oxygen atoms in total. The maximum absolute atomic E-state index is 13.5. The Morgan fingerprint density at radius 3 is 2.39 bits per heavy atom. The highest BCUT2D eigenvalue weighted by atomic mass is 19.4. The van der Waals surface area contributed by atoms with Gasteiger partial charge in [0.2, 0.25) is 0 Å². The van der Waals surface area contributed by atoms with Crippen LogP contribution in [0.15, 0.2) is 12.3 Å². The monoisotopic (exact) mass is 396 g/mol. The van der Waals surface area contributed by atoms with E-state index in [1.54, 1.807) is 13.0 Å². The molecule has 9 heteroatoms. The fourth-order valence-electron chi connectivity index (χ4n) is 5.88. The van der Waals surface area contributed by atoms with Gasteiger partial charge in [-0.15, -0.1) is 0 Å². The van der Waals surface area contributed by atoms with Gasteiger partial charge >= 0.3 is 18.0 Å². The molecule has 5 rings (SSSR count). The first kappa shape index (κ1) is 19.0. The highest BCUT2D eigenvalue weighted by Crippen LogP contribution is 2.84. The number of likely N-dealkylation sites (tertiary alicyclic amines) is 1. The zero-order chi connectivity index (χ0) is 20.5. The van der Waals surface area contributed by atoms with Gasteiger partial charge in [0.15, 0.2) is 0 Å². The summed E-state index contributed by atoms with van der Waals surface area (Å²) in [4.78, 5) is 30.0. The summed E-state index contributed by atoms with van der Waals surface area (Å²) in [5.41, 5.74) is 9.03. The summed E-state index contributed by atoms with van der Waals surface area (Å²) >= 11 is 0. The van der Waals surface area contributed by atoms with Crippen LogP contribution in [0.4, 0.5) is 19.0 Å². The number of nitrogens with two attached hydrogens (primary N) is 2. The van der Waals surface area contributed by atoms with E-state index in [0.29, 0.717) is 29.8 Å². The maximum atomic E-state index is 13.5. The number of carbonyl (C=O) groups is 2. The number of aromatic nitrogens is 1. The highest BCUT2D eigenvalue weighted by molar-refractivity contribution is 6.34. The molecular weight excluding hydrogens is 373 g/mol. The van der Waals surface area contributed by atoms with Crippen molar-refractivity contribution in [3.63, 3.8) is 0 Å². The van der Waals surface area contributed by atoms with Gasteiger partial charge < -0.3 is 16.4 Å². The summed E-state index contributed by atoms with van der Waals surface area (Å²) < 4.78 is 40.5. The molecule has 0 radical (unpaired) electrons. The van der Waals surface area contributed by atoms with Gasteiger partial charge in [-0.3, -0.25) is 9.59 Å². The third-order valence-electron chi connectivity index (χ3n) is 7.19. The standard InChI is InChI=1S/C19H23F3N4O2/c1-11-6-12(7-25-13(11)23)18(4-2-3-5-26(18)15(28)14(24)27)16-8-17(9-16,10-16)19(20,21)22/h6-7H,2-5,8-10H2,1H3,(H2,23,25)(H2,24,27). The van der Waals surface area contributed by atoms with Crippen LogP contribution in [0.1, 0.15) is 49.7 Å². The van der Waals surface area contributed by atoms with Crippen LogP contribution in [-0.4, -0.2) is 34.4 Å². The Morgan fingerprint density at radius 1 is 1.21 bits per heavy atom. The van der Waals surface area contributed by atoms with Crippen LogP contribution in [0.3, 0.4) is 0 Å². The molecule has 28 heavy (non-hydrogen) atoms. The summed E-state index contributed by atoms with van der Waals surface area (Å²) in [6, 6.07) is 1.79. The van der Waals surface area contributed by atoms with E-state index < -0.39 is 34.4 Å². The summed E-state index contributed by atoms with van der Waals surface area (Å²) in [5.74, 6) is -1.62. The molecule has 1 saturated heterocycles. The minimum Gasteiger partial charge on any atom is -0.383 e. The molecule has 4 fully saturated rings. The zero-order valence-electron chi connectivity index (χ0n) is 15.6. The van der Waals surface area contributed by atoms with Crippen LogP contribution in [0.2, 0.25) is 0 Å². The lowest BCUT2D eigenvalue weighted by Gasteiger charge is -2.78. The molecule has 1 atom stereocenters. The van der Waals surface area contributed by atoms with E-state index in [0.717, 1.165) is 6.42 Å². The van der Waals surface area contributed by atoms with Gasteiger partial charge in [-0.25, -0.2) is 4.98 Å². The number of amides is 2. The third kappa shape index (κ3) is 2.18. The number of anilines is 1. The molecule has 152 valence electrons. The molecule has 2 amide bonds. The molecule has 1 aromatic heterocycles. The van der Waals surface area contributed by atoms with Gasteiger partial charge in [0.25, 0.3) is 0 Å². The Kier molecular flexibility index (Phi) is 3.81. The molecule has 1 unspecified atom stereocenters. The van der Waals surface area contributed by atoms with E-state index in [9.17, 15) is 22.8 Å². The fourth-order valence-corrected chi connectivity index (χ4v) is 5.88. The van der Waals surface area contributed by atoms with Crippen molar-refractivity contribution >= 4 is 17.6 Å². The molecule has 3 aliphatic carbocycles. The maximum Gasteiger partial charge on any atom is 0.394 e. The van der Waals surface area contributed by atoms with Crippen LogP contribution in [0.25, 0.3) is 0 Å². The predicted octanol–water partition coefficient (Wildman–Crippen LogP) is 2.40. The molecule has 0 aromatic carbocycles. The van der Waals surface area contributed by atoms with Crippen molar-refractivity contribution in [3.05, 3.63) is 23.4 Å². The number of rotatable bonds is 2. The average Bonchev–Trinajstić information content (AvgIpc) is 2.53. The number of nitrogen functional groups attached to an aromatic ring is 1. The first-order valence-electron chi connectivity index (χ1n) is 9.39. The Bertz CT molecular complexity index is 849. The second-order valence-electron chi connectivity index (χ2n) is 8.65. The quantitative estimate of drug-likeness (QED) is 0.750. The van der Waals surface area contributed by atoms with Crippen LogP contribution >= 0.6 is 0 Å². The van der Waals surface area contributed by atoms with Crippen molar-refractivity contribution in [1.29, 1.82) is 0 Å². The van der Waals surface area contributed by atoms with E-state index in [1.807, 2.05) is 0 Å². The second kappa shape index (κ2) is 5.61. The van der Waals surface area contributed by atoms with Gasteiger partial charge in [0.1, 0.15) is 5.82 Å². The first-order valence-corrected chi connectivity index (χ1v) is 9.39. The van der Waals surface area contributed by atoms with Gasteiger partial charge in [0, 0.05) is 18.2 Å². The lowest BCUT2D eigenvalue weighted by Crippen LogP contribution is -2.79. The number of pyridine rings is 1. The molecule has 2 heterocycles. The lowest BCUT2D eigenvalue weighted by atomic mass is 9.28. The molecule has 4 aliphatic rings. The molecule has 1 aromatic rings. The number of hydrogen-bond acceptors (Lipinski definition) is 4. The molecule has 3 saturated carbocycles. The Labute approximate surface area is 160 Å². The Morgan fingerprint density at radius 2 is 1.86 bits per heavy atom. The number of halogens is 3. The van der Waals surface area contributed by atoms with Gasteiger partial charge in [-0.1, -0.05) is 0 Å². The Hall–Kier alpha value is -2.32. The second-order valence-corrected chi connectivity index (χ2v) is 8.65. The molecule has 2 bridgehead atoms. The SMILES string of the molecule is Cc1cc(C2(C34CC(C(F)(F)F)(C3)C4)CCCCN2C(=O)C(N)=O)cnc1N. The van der Waals surface area contributed by atoms with Crippen LogP contribution in [-0.2, 0) is 15.1 Å². The topological polar surface area (TPSA) is 102 Å². The number of alkyl halides is 3. The number of primary amides is 1. The summed E-state index contributed by atoms with van der Waals surface area (Å²) in [6.07, 6.45) is -0.977. The smallest absolute Gasteiger partial charge is 0.383 e. The summed E-state index contributed by atoms with van der Waals surface area (Å²) in [6.45, 7) is 2.05. The third-order valence-corrected chi connectivity index (χ3v) is 7.19. The van der Waals surface area contributed by atoms with Crippen molar-refractivity contribution in [3.8, 4) is 0 Å². The molecular formula is C19H23F3N4O2. The number of nitrogens with zero attached hydrogens (tertiary/aromatic N) is 2. The van der Waals surface area contributed by atoms with E-state index in [4.69, 9.17) is 11.5 Å². The van der Waals surface area contributed by atoms with Crippen LogP contribution in [0, 0.1) is 17.8 Å². The van der Waals surface area contributed by atoms with Crippen molar-refractivity contribution in [2.75, 3.05) is 12.3 Å². The number of hydrogen-bond donors (Lipinski definition) is 2. The first-order chi connectivity index (χ1) is 13.0. The average molecular weight is 396 g/mol.